The molecule has 0 aromatic carbocycles. The number of H-pyrrole nitrogens is 1. The average Bonchev–Trinajstić information content (AvgIpc) is 2.99. The lowest BCUT2D eigenvalue weighted by Crippen LogP contribution is -2.30. The van der Waals surface area contributed by atoms with E-state index in [0.717, 1.165) is 4.57 Å². The minimum Gasteiger partial charge on any atom is -0.394 e. The zero-order valence-electron chi connectivity index (χ0n) is 11.7. The van der Waals surface area contributed by atoms with Crippen molar-refractivity contribution in [1.29, 1.82) is 5.41 Å². The van der Waals surface area contributed by atoms with E-state index < -0.39 is 42.6 Å². The van der Waals surface area contributed by atoms with Crippen LogP contribution in [-0.4, -0.2) is 55.6 Å². The summed E-state index contributed by atoms with van der Waals surface area (Å²) >= 11 is 0. The maximum absolute atomic E-state index is 14.3. The van der Waals surface area contributed by atoms with Gasteiger partial charge in [0, 0.05) is 11.8 Å². The summed E-state index contributed by atoms with van der Waals surface area (Å²) in [6.07, 6.45) is -4.63. The lowest BCUT2D eigenvalue weighted by Gasteiger charge is -2.15. The van der Waals surface area contributed by atoms with Crippen LogP contribution in [0.2, 0.25) is 0 Å². The van der Waals surface area contributed by atoms with Crippen molar-refractivity contribution in [1.82, 2.24) is 14.5 Å². The van der Waals surface area contributed by atoms with Gasteiger partial charge in [-0.2, -0.15) is 4.98 Å². The lowest BCUT2D eigenvalue weighted by molar-refractivity contribution is -0.0457. The van der Waals surface area contributed by atoms with Gasteiger partial charge in [0.15, 0.2) is 18.0 Å². The predicted octanol–water partition coefficient (Wildman–Crippen LogP) is -1.82. The number of fused-ring (bicyclic) bond motifs is 1. The summed E-state index contributed by atoms with van der Waals surface area (Å²) in [6, 6.07) is 0. The number of nitrogen functional groups attached to an aromatic ring is 2. The van der Waals surface area contributed by atoms with Gasteiger partial charge in [0.1, 0.15) is 18.0 Å². The molecule has 0 radical (unpaired) electrons. The van der Waals surface area contributed by atoms with Crippen LogP contribution in [0.4, 0.5) is 10.3 Å². The number of hydrogen-bond donors (Lipinski definition) is 6. The molecule has 1 saturated heterocycles. The Balaban J connectivity index is 2.23. The van der Waals surface area contributed by atoms with Crippen LogP contribution in [0.1, 0.15) is 11.8 Å². The van der Waals surface area contributed by atoms with Crippen LogP contribution in [0, 0.1) is 5.41 Å². The van der Waals surface area contributed by atoms with Crippen molar-refractivity contribution < 1.29 is 19.3 Å². The first-order valence-electron chi connectivity index (χ1n) is 6.68. The number of hydrogen-bond acceptors (Lipinski definition) is 7. The zero-order valence-corrected chi connectivity index (χ0v) is 11.7. The molecule has 2 aromatic rings. The highest BCUT2D eigenvalue weighted by Gasteiger charge is 2.45. The molecule has 10 nitrogen and oxygen atoms in total. The number of nitrogens with zero attached hydrogens (tertiary/aromatic N) is 2. The Morgan fingerprint density at radius 3 is 2.87 bits per heavy atom. The van der Waals surface area contributed by atoms with Crippen LogP contribution in [0.5, 0.6) is 0 Å². The molecule has 2 aromatic heterocycles. The number of aromatic nitrogens is 3. The topological polar surface area (TPSA) is 176 Å². The van der Waals surface area contributed by atoms with Gasteiger partial charge < -0.3 is 31.0 Å². The molecule has 1 aliphatic rings. The fraction of sp³-hybridized carbons (Fsp3) is 0.417. The molecule has 0 spiro atoms. The first kappa shape index (κ1) is 15.4. The maximum atomic E-state index is 14.3. The van der Waals surface area contributed by atoms with Crippen molar-refractivity contribution in [3.05, 3.63) is 22.1 Å². The van der Waals surface area contributed by atoms with Gasteiger partial charge in [-0.1, -0.05) is 0 Å². The average molecular weight is 326 g/mol. The summed E-state index contributed by atoms with van der Waals surface area (Å²) in [6.45, 7) is -0.576. The van der Waals surface area contributed by atoms with Crippen molar-refractivity contribution in [2.45, 2.75) is 24.6 Å². The number of halogens is 1. The number of nitrogens with two attached hydrogens (primary N) is 2. The van der Waals surface area contributed by atoms with Crippen LogP contribution in [-0.2, 0) is 4.74 Å². The van der Waals surface area contributed by atoms with Gasteiger partial charge in [0.05, 0.1) is 12.0 Å². The van der Waals surface area contributed by atoms with Gasteiger partial charge in [-0.25, -0.2) is 4.39 Å². The highest BCUT2D eigenvalue weighted by atomic mass is 19.1. The quantitative estimate of drug-likeness (QED) is 0.284. The third-order valence-electron chi connectivity index (χ3n) is 3.74. The molecule has 3 rings (SSSR count). The van der Waals surface area contributed by atoms with E-state index in [0.29, 0.717) is 0 Å². The Bertz CT molecular complexity index is 833. The predicted molar refractivity (Wildman–Crippen MR) is 77.7 cm³/mol. The van der Waals surface area contributed by atoms with E-state index in [9.17, 15) is 14.3 Å². The fourth-order valence-corrected chi connectivity index (χ4v) is 2.65. The first-order chi connectivity index (χ1) is 10.8. The van der Waals surface area contributed by atoms with E-state index >= 15 is 0 Å². The first-order valence-corrected chi connectivity index (χ1v) is 6.68. The third-order valence-corrected chi connectivity index (χ3v) is 3.74. The molecule has 11 heteroatoms. The Hall–Kier alpha value is -2.50. The summed E-state index contributed by atoms with van der Waals surface area (Å²) in [5.41, 5.74) is 10.3. The van der Waals surface area contributed by atoms with Crippen LogP contribution < -0.4 is 17.0 Å². The van der Waals surface area contributed by atoms with Crippen molar-refractivity contribution in [3.63, 3.8) is 0 Å². The molecule has 0 unspecified atom stereocenters. The molecular formula is C12H15FN6O4. The summed E-state index contributed by atoms with van der Waals surface area (Å²) in [7, 11) is 0. The minimum atomic E-state index is -1.87. The van der Waals surface area contributed by atoms with Crippen molar-refractivity contribution in [3.8, 4) is 0 Å². The Labute approximate surface area is 128 Å². The van der Waals surface area contributed by atoms with E-state index in [-0.39, 0.29) is 22.5 Å². The molecule has 124 valence electrons. The summed E-state index contributed by atoms with van der Waals surface area (Å²) < 4.78 is 20.7. The lowest BCUT2D eigenvalue weighted by atomic mass is 10.1. The number of aromatic amines is 1. The van der Waals surface area contributed by atoms with E-state index in [1.165, 1.54) is 6.20 Å². The van der Waals surface area contributed by atoms with Crippen LogP contribution >= 0.6 is 0 Å². The molecule has 1 fully saturated rings. The summed E-state index contributed by atoms with van der Waals surface area (Å²) in [5.74, 6) is -0.622. The van der Waals surface area contributed by atoms with Crippen LogP contribution in [0.3, 0.4) is 0 Å². The number of nitrogens with one attached hydrogen (secondary N) is 2. The molecule has 4 atom stereocenters. The van der Waals surface area contributed by atoms with E-state index in [4.69, 9.17) is 26.7 Å². The van der Waals surface area contributed by atoms with Gasteiger partial charge in [0.25, 0.3) is 5.56 Å². The third kappa shape index (κ3) is 2.25. The molecule has 3 heterocycles. The second-order valence-electron chi connectivity index (χ2n) is 5.20. The van der Waals surface area contributed by atoms with E-state index in [2.05, 4.69) is 9.97 Å². The molecule has 8 N–H and O–H groups in total. The van der Waals surface area contributed by atoms with Gasteiger partial charge in [-0.15, -0.1) is 0 Å². The van der Waals surface area contributed by atoms with E-state index in [1.54, 1.807) is 0 Å². The fourth-order valence-electron chi connectivity index (χ4n) is 2.65. The number of alkyl halides is 1. The Kier molecular flexibility index (Phi) is 3.55. The van der Waals surface area contributed by atoms with Crippen molar-refractivity contribution in [2.75, 3.05) is 12.3 Å². The second-order valence-corrected chi connectivity index (χ2v) is 5.20. The summed E-state index contributed by atoms with van der Waals surface area (Å²) in [5, 5.41) is 26.4. The summed E-state index contributed by atoms with van der Waals surface area (Å²) in [4.78, 5) is 18.3. The number of rotatable bonds is 3. The standard InChI is InChI=1S/C12H15FN6O4/c13-6-7(21)4(2-20)23-11(6)19-1-3(8(14)15)5-9(19)17-12(16)18-10(5)22/h1,4,6-7,11,20-21H,2H2,(H3,14,15)(H3,16,17,18,22)/t4-,6+,7+,11-/m1/s1. The van der Waals surface area contributed by atoms with Gasteiger partial charge >= 0.3 is 0 Å². The Morgan fingerprint density at radius 2 is 2.30 bits per heavy atom. The van der Waals surface area contributed by atoms with Gasteiger partial charge in [-0.3, -0.25) is 15.2 Å². The van der Waals surface area contributed by atoms with Crippen LogP contribution in [0.15, 0.2) is 11.0 Å². The normalized spacial score (nSPS) is 27.6. The minimum absolute atomic E-state index is 0.0325. The number of amidine groups is 1. The SMILES string of the molecule is N=C(N)c1cn([C@@H]2O[C@H](CO)[C@H](O)[C@@H]2F)c2nc(N)[nH]c(=O)c12. The zero-order chi connectivity index (χ0) is 16.9. The van der Waals surface area contributed by atoms with Gasteiger partial charge in [-0.05, 0) is 0 Å². The molecule has 23 heavy (non-hydrogen) atoms. The van der Waals surface area contributed by atoms with Crippen LogP contribution in [0.25, 0.3) is 11.0 Å². The molecule has 1 aliphatic heterocycles. The number of anilines is 1. The van der Waals surface area contributed by atoms with Gasteiger partial charge in [0.2, 0.25) is 5.95 Å². The smallest absolute Gasteiger partial charge is 0.262 e. The monoisotopic (exact) mass is 326 g/mol. The number of aliphatic hydroxyl groups excluding tert-OH is 2. The molecular weight excluding hydrogens is 311 g/mol. The highest BCUT2D eigenvalue weighted by Crippen LogP contribution is 2.34. The molecule has 0 bridgehead atoms. The van der Waals surface area contributed by atoms with E-state index in [1.807, 2.05) is 0 Å². The second kappa shape index (κ2) is 5.30. The maximum Gasteiger partial charge on any atom is 0.262 e. The number of aliphatic hydroxyl groups is 2. The molecule has 0 aliphatic carbocycles. The van der Waals surface area contributed by atoms with Crippen molar-refractivity contribution in [2.24, 2.45) is 5.73 Å². The number of ether oxygens (including phenoxy) is 1. The van der Waals surface area contributed by atoms with Crippen molar-refractivity contribution >= 4 is 22.8 Å². The molecule has 0 amide bonds. The highest BCUT2D eigenvalue weighted by molar-refractivity contribution is 6.06. The Morgan fingerprint density at radius 1 is 1.61 bits per heavy atom. The molecule has 0 saturated carbocycles. The largest absolute Gasteiger partial charge is 0.394 e.